The van der Waals surface area contributed by atoms with Gasteiger partial charge < -0.3 is 4.74 Å². The Bertz CT molecular complexity index is 791. The smallest absolute Gasteiger partial charge is 0.265 e. The highest BCUT2D eigenvalue weighted by molar-refractivity contribution is 7.92. The lowest BCUT2D eigenvalue weighted by atomic mass is 10.2. The van der Waals surface area contributed by atoms with E-state index in [0.29, 0.717) is 22.3 Å². The van der Waals surface area contributed by atoms with Crippen LogP contribution in [0.2, 0.25) is 10.0 Å². The van der Waals surface area contributed by atoms with Gasteiger partial charge in [0.2, 0.25) is 0 Å². The van der Waals surface area contributed by atoms with Crippen LogP contribution in [-0.4, -0.2) is 15.0 Å². The number of anilines is 1. The molecule has 2 rings (SSSR count). The molecule has 4 nitrogen and oxygen atoms in total. The third-order valence-electron chi connectivity index (χ3n) is 2.94. The maximum Gasteiger partial charge on any atom is 0.265 e. The highest BCUT2D eigenvalue weighted by Gasteiger charge is 2.21. The van der Waals surface area contributed by atoms with Crippen LogP contribution in [0.1, 0.15) is 12.5 Å². The lowest BCUT2D eigenvalue weighted by molar-refractivity contribution is 0.331. The molecule has 0 saturated carbocycles. The summed E-state index contributed by atoms with van der Waals surface area (Å²) in [7, 11) is -3.85. The van der Waals surface area contributed by atoms with E-state index in [1.165, 1.54) is 12.1 Å². The maximum atomic E-state index is 12.6. The van der Waals surface area contributed by atoms with Gasteiger partial charge in [-0.3, -0.25) is 4.72 Å². The van der Waals surface area contributed by atoms with Crippen LogP contribution in [0.15, 0.2) is 41.3 Å². The third kappa shape index (κ3) is 3.85. The summed E-state index contributed by atoms with van der Waals surface area (Å²) in [6, 6.07) is 9.46. The summed E-state index contributed by atoms with van der Waals surface area (Å²) in [6.45, 7) is 3.91. The summed E-state index contributed by atoms with van der Waals surface area (Å²) in [5.41, 5.74) is 1.17. The molecular formula is C15H15Cl2NO3S. The SMILES string of the molecule is CCOc1ccc(Cl)cc1S(=O)(=O)Nc1cc(Cl)ccc1C. The summed E-state index contributed by atoms with van der Waals surface area (Å²) in [4.78, 5) is -0.0128. The predicted octanol–water partition coefficient (Wildman–Crippen LogP) is 4.50. The predicted molar refractivity (Wildman–Crippen MR) is 89.6 cm³/mol. The van der Waals surface area contributed by atoms with Crippen LogP contribution < -0.4 is 9.46 Å². The number of benzene rings is 2. The van der Waals surface area contributed by atoms with Crippen molar-refractivity contribution in [3.63, 3.8) is 0 Å². The Morgan fingerprint density at radius 3 is 2.41 bits per heavy atom. The van der Waals surface area contributed by atoms with Crippen molar-refractivity contribution in [3.05, 3.63) is 52.0 Å². The molecule has 0 aliphatic heterocycles. The first-order valence-corrected chi connectivity index (χ1v) is 8.78. The van der Waals surface area contributed by atoms with Gasteiger partial charge in [0, 0.05) is 10.0 Å². The highest BCUT2D eigenvalue weighted by Crippen LogP contribution is 2.30. The number of aryl methyl sites for hydroxylation is 1. The normalized spacial score (nSPS) is 11.3. The van der Waals surface area contributed by atoms with Crippen molar-refractivity contribution in [3.8, 4) is 5.75 Å². The van der Waals surface area contributed by atoms with Crippen LogP contribution in [-0.2, 0) is 10.0 Å². The van der Waals surface area contributed by atoms with Gasteiger partial charge in [-0.25, -0.2) is 8.42 Å². The van der Waals surface area contributed by atoms with E-state index in [4.69, 9.17) is 27.9 Å². The average Bonchev–Trinajstić information content (AvgIpc) is 2.45. The van der Waals surface area contributed by atoms with E-state index in [2.05, 4.69) is 4.72 Å². The summed E-state index contributed by atoms with van der Waals surface area (Å²) in [6.07, 6.45) is 0. The van der Waals surface area contributed by atoms with Gasteiger partial charge in [0.15, 0.2) is 0 Å². The van der Waals surface area contributed by atoms with E-state index in [0.717, 1.165) is 5.56 Å². The minimum Gasteiger partial charge on any atom is -0.492 e. The molecule has 0 aromatic heterocycles. The zero-order chi connectivity index (χ0) is 16.3. The fraction of sp³-hybridized carbons (Fsp3) is 0.200. The van der Waals surface area contributed by atoms with Gasteiger partial charge in [0.25, 0.3) is 10.0 Å². The first kappa shape index (κ1) is 16.9. The third-order valence-corrected chi connectivity index (χ3v) is 4.80. The Morgan fingerprint density at radius 1 is 1.09 bits per heavy atom. The monoisotopic (exact) mass is 359 g/mol. The summed E-state index contributed by atoms with van der Waals surface area (Å²) >= 11 is 11.8. The Morgan fingerprint density at radius 2 is 1.73 bits per heavy atom. The minimum absolute atomic E-state index is 0.0128. The maximum absolute atomic E-state index is 12.6. The molecule has 0 radical (unpaired) electrons. The van der Waals surface area contributed by atoms with E-state index in [-0.39, 0.29) is 10.6 Å². The molecule has 0 spiro atoms. The second-order valence-electron chi connectivity index (χ2n) is 4.59. The molecule has 2 aromatic rings. The van der Waals surface area contributed by atoms with Gasteiger partial charge >= 0.3 is 0 Å². The molecule has 0 aliphatic carbocycles. The zero-order valence-electron chi connectivity index (χ0n) is 12.1. The summed E-state index contributed by atoms with van der Waals surface area (Å²) in [5.74, 6) is 0.249. The van der Waals surface area contributed by atoms with Crippen LogP contribution in [0, 0.1) is 6.92 Å². The van der Waals surface area contributed by atoms with Crippen molar-refractivity contribution in [2.24, 2.45) is 0 Å². The number of hydrogen-bond acceptors (Lipinski definition) is 3. The van der Waals surface area contributed by atoms with E-state index in [1.54, 1.807) is 38.1 Å². The number of hydrogen-bond donors (Lipinski definition) is 1. The van der Waals surface area contributed by atoms with Crippen molar-refractivity contribution < 1.29 is 13.2 Å². The van der Waals surface area contributed by atoms with Gasteiger partial charge in [-0.2, -0.15) is 0 Å². The second kappa shape index (κ2) is 6.77. The first-order valence-electron chi connectivity index (χ1n) is 6.55. The van der Waals surface area contributed by atoms with Crippen LogP contribution in [0.25, 0.3) is 0 Å². The molecule has 22 heavy (non-hydrogen) atoms. The van der Waals surface area contributed by atoms with Crippen molar-refractivity contribution in [2.45, 2.75) is 18.7 Å². The molecule has 0 aliphatic rings. The van der Waals surface area contributed by atoms with Crippen LogP contribution in [0.4, 0.5) is 5.69 Å². The summed E-state index contributed by atoms with van der Waals surface area (Å²) < 4.78 is 33.1. The zero-order valence-corrected chi connectivity index (χ0v) is 14.4. The number of ether oxygens (including phenoxy) is 1. The van der Waals surface area contributed by atoms with Gasteiger partial charge in [-0.05, 0) is 49.7 Å². The Labute approximate surface area is 140 Å². The number of nitrogens with one attached hydrogen (secondary N) is 1. The van der Waals surface area contributed by atoms with E-state index >= 15 is 0 Å². The Kier molecular flexibility index (Phi) is 5.21. The number of sulfonamides is 1. The molecule has 0 heterocycles. The van der Waals surface area contributed by atoms with E-state index in [9.17, 15) is 8.42 Å². The average molecular weight is 360 g/mol. The van der Waals surface area contributed by atoms with Gasteiger partial charge in [-0.15, -0.1) is 0 Å². The molecule has 2 aromatic carbocycles. The van der Waals surface area contributed by atoms with Crippen LogP contribution >= 0.6 is 23.2 Å². The van der Waals surface area contributed by atoms with E-state index < -0.39 is 10.0 Å². The largest absolute Gasteiger partial charge is 0.492 e. The molecule has 0 atom stereocenters. The number of halogens is 2. The Balaban J connectivity index is 2.46. The molecule has 118 valence electrons. The fourth-order valence-corrected chi connectivity index (χ4v) is 3.57. The van der Waals surface area contributed by atoms with Gasteiger partial charge in [0.1, 0.15) is 10.6 Å². The fourth-order valence-electron chi connectivity index (χ4n) is 1.87. The lowest BCUT2D eigenvalue weighted by Gasteiger charge is -2.14. The van der Waals surface area contributed by atoms with Crippen LogP contribution in [0.3, 0.4) is 0 Å². The van der Waals surface area contributed by atoms with E-state index in [1.807, 2.05) is 0 Å². The molecule has 7 heteroatoms. The topological polar surface area (TPSA) is 55.4 Å². The minimum atomic E-state index is -3.85. The molecule has 0 saturated heterocycles. The summed E-state index contributed by atoms with van der Waals surface area (Å²) in [5, 5.41) is 0.756. The first-order chi connectivity index (χ1) is 10.3. The van der Waals surface area contributed by atoms with Gasteiger partial charge in [-0.1, -0.05) is 29.3 Å². The molecule has 0 amide bonds. The Hall–Kier alpha value is -1.43. The highest BCUT2D eigenvalue weighted by atomic mass is 35.5. The quantitative estimate of drug-likeness (QED) is 0.854. The molecule has 0 fully saturated rings. The molecule has 0 bridgehead atoms. The van der Waals surface area contributed by atoms with Crippen LogP contribution in [0.5, 0.6) is 5.75 Å². The van der Waals surface area contributed by atoms with Crippen molar-refractivity contribution in [1.29, 1.82) is 0 Å². The lowest BCUT2D eigenvalue weighted by Crippen LogP contribution is -2.15. The molecule has 1 N–H and O–H groups in total. The van der Waals surface area contributed by atoms with Crippen molar-refractivity contribution >= 4 is 38.9 Å². The van der Waals surface area contributed by atoms with Crippen molar-refractivity contribution in [2.75, 3.05) is 11.3 Å². The molecular weight excluding hydrogens is 345 g/mol. The van der Waals surface area contributed by atoms with Crippen molar-refractivity contribution in [1.82, 2.24) is 0 Å². The molecule has 0 unspecified atom stereocenters. The standard InChI is InChI=1S/C15H15Cl2NO3S/c1-3-21-14-7-6-12(17)9-15(14)22(19,20)18-13-8-11(16)5-4-10(13)2/h4-9,18H,3H2,1-2H3. The van der Waals surface area contributed by atoms with Gasteiger partial charge in [0.05, 0.1) is 12.3 Å². The number of rotatable bonds is 5. The second-order valence-corrected chi connectivity index (χ2v) is 7.11.